The number of hydrogen-bond acceptors (Lipinski definition) is 16. The van der Waals surface area contributed by atoms with Crippen LogP contribution in [0, 0.1) is 29.1 Å². The normalized spacial score (nSPS) is 42.7. The molecule has 4 bridgehead atoms. The lowest BCUT2D eigenvalue weighted by Gasteiger charge is -2.68. The minimum atomic E-state index is -4.67. The SMILES string of the molecule is CC(C)=CCOc1cc2oc(=O)ccc2cc1O.CC=C(C)C(=O)OC1CCC2(C)C3CCC4C5(O)CC(O)C6(O)C(CN7CC(C)CCC7C6(C)O)C5(O)CC42OC13O.O=S(=O)(O)O. The Morgan fingerprint density at radius 3 is 2.25 bits per heavy atom. The first kappa shape index (κ1) is 49.4. The highest BCUT2D eigenvalue weighted by Gasteiger charge is 2.88. The summed E-state index contributed by atoms with van der Waals surface area (Å²) in [5.74, 6) is -3.72. The first-order valence-electron chi connectivity index (χ1n) is 22.3. The second-order valence-corrected chi connectivity index (χ2v) is 21.2. The minimum absolute atomic E-state index is 0.0264. The van der Waals surface area contributed by atoms with E-state index in [4.69, 9.17) is 36.2 Å². The lowest BCUT2D eigenvalue weighted by molar-refractivity contribution is -0.354. The molecule has 4 saturated carbocycles. The van der Waals surface area contributed by atoms with E-state index in [0.29, 0.717) is 73.5 Å². The number of allylic oxidation sites excluding steroid dienone is 2. The molecule has 2 aromatic rings. The number of aromatic hydroxyl groups is 1. The van der Waals surface area contributed by atoms with Gasteiger partial charge in [-0.1, -0.05) is 25.5 Å². The largest absolute Gasteiger partial charge is 0.504 e. The smallest absolute Gasteiger partial charge is 0.394 e. The molecule has 0 radical (unpaired) electrons. The number of benzene rings is 1. The fraction of sp³-hybridized carbons (Fsp3) is 0.696. The third kappa shape index (κ3) is 7.75. The van der Waals surface area contributed by atoms with Crippen LogP contribution in [0.15, 0.2) is 56.8 Å². The molecule has 14 unspecified atom stereocenters. The molecule has 3 aliphatic heterocycles. The van der Waals surface area contributed by atoms with Gasteiger partial charge in [0.2, 0.25) is 5.79 Å². The number of nitrogens with zero attached hydrogens (tertiary/aromatic N) is 1. The summed E-state index contributed by atoms with van der Waals surface area (Å²) in [5.41, 5.74) is -7.86. The van der Waals surface area contributed by atoms with E-state index in [1.807, 2.05) is 26.8 Å². The van der Waals surface area contributed by atoms with Crippen LogP contribution >= 0.6 is 0 Å². The number of ether oxygens (including phenoxy) is 3. The van der Waals surface area contributed by atoms with Crippen LogP contribution in [-0.2, 0) is 24.7 Å². The van der Waals surface area contributed by atoms with Crippen LogP contribution in [0.3, 0.4) is 0 Å². The van der Waals surface area contributed by atoms with Crippen LogP contribution in [0.2, 0.25) is 0 Å². The number of aliphatic hydroxyl groups excluding tert-OH is 1. The average molecular weight is 936 g/mol. The molecule has 3 saturated heterocycles. The summed E-state index contributed by atoms with van der Waals surface area (Å²) in [5, 5.41) is 84.4. The van der Waals surface area contributed by atoms with Crippen molar-refractivity contribution in [2.75, 3.05) is 19.7 Å². The van der Waals surface area contributed by atoms with E-state index in [2.05, 4.69) is 11.8 Å². The van der Waals surface area contributed by atoms with Gasteiger partial charge in [0.05, 0.1) is 11.7 Å². The van der Waals surface area contributed by atoms with Gasteiger partial charge in [0.15, 0.2) is 17.6 Å². The van der Waals surface area contributed by atoms with Crippen molar-refractivity contribution in [3.8, 4) is 11.5 Å². The molecule has 65 heavy (non-hydrogen) atoms. The van der Waals surface area contributed by atoms with Crippen molar-refractivity contribution in [1.82, 2.24) is 4.90 Å². The van der Waals surface area contributed by atoms with Crippen LogP contribution in [0.5, 0.6) is 11.5 Å². The molecular weight excluding hydrogens is 871 g/mol. The predicted molar refractivity (Wildman–Crippen MR) is 233 cm³/mol. The summed E-state index contributed by atoms with van der Waals surface area (Å²) in [6.45, 7) is 14.3. The number of fused-ring (bicyclic) bond motifs is 6. The maximum absolute atomic E-state index is 12.9. The Morgan fingerprint density at radius 1 is 0.938 bits per heavy atom. The van der Waals surface area contributed by atoms with Gasteiger partial charge in [-0.15, -0.1) is 0 Å². The van der Waals surface area contributed by atoms with Crippen LogP contribution in [-0.4, -0.2) is 136 Å². The van der Waals surface area contributed by atoms with Crippen molar-refractivity contribution in [2.24, 2.45) is 29.1 Å². The van der Waals surface area contributed by atoms with Gasteiger partial charge >= 0.3 is 22.0 Å². The number of rotatable bonds is 5. The molecule has 9 N–H and O–H groups in total. The number of phenolic OH excluding ortho intramolecular Hbond substituents is 1. The van der Waals surface area contributed by atoms with Gasteiger partial charge in [0.1, 0.15) is 34.6 Å². The van der Waals surface area contributed by atoms with E-state index in [1.54, 1.807) is 32.9 Å². The Labute approximate surface area is 378 Å². The van der Waals surface area contributed by atoms with Gasteiger partial charge in [-0.2, -0.15) is 8.42 Å². The highest BCUT2D eigenvalue weighted by molar-refractivity contribution is 7.79. The van der Waals surface area contributed by atoms with Gasteiger partial charge in [0.25, 0.3) is 0 Å². The lowest BCUT2D eigenvalue weighted by atomic mass is 9.49. The lowest BCUT2D eigenvalue weighted by Crippen LogP contribution is -2.85. The first-order valence-corrected chi connectivity index (χ1v) is 23.7. The number of esters is 1. The Bertz CT molecular complexity index is 2410. The highest BCUT2D eigenvalue weighted by Crippen LogP contribution is 2.78. The molecule has 1 aromatic carbocycles. The summed E-state index contributed by atoms with van der Waals surface area (Å²) in [7, 11) is -4.67. The summed E-state index contributed by atoms with van der Waals surface area (Å²) < 4.78 is 54.6. The standard InChI is InChI=1S/C32H49NO9.C14H14O4.H2O4S/c1-6-18(3)25(35)41-24-11-12-26(4)19-8-9-20-28(37)13-23(34)31(39)21(29(28,38)16-30(20,26)42-32(19,24)40)15-33-14-17(2)7-10-22(33)27(31,5)36;1-9(2)5-6-17-13-8-12-10(7-11(13)15)3-4-14(16)18-12;1-5(2,3)4/h6,17,19-24,34,36-40H,7-16H2,1-5H3;3-5,7-8,15H,6H2,1-2H3;(H2,1,2,3,4). The zero-order valence-electron chi connectivity index (χ0n) is 37.9. The monoisotopic (exact) mass is 935 g/mol. The van der Waals surface area contributed by atoms with Crippen molar-refractivity contribution in [3.05, 3.63) is 58.0 Å². The fourth-order valence-electron chi connectivity index (χ4n) is 13.3. The maximum atomic E-state index is 12.9. The summed E-state index contributed by atoms with van der Waals surface area (Å²) in [6, 6.07) is 5.55. The molecule has 362 valence electrons. The maximum Gasteiger partial charge on any atom is 0.394 e. The molecule has 14 atom stereocenters. The quantitative estimate of drug-likeness (QED) is 0.0684. The van der Waals surface area contributed by atoms with Crippen molar-refractivity contribution >= 4 is 27.3 Å². The van der Waals surface area contributed by atoms with Crippen molar-refractivity contribution < 1.29 is 76.7 Å². The van der Waals surface area contributed by atoms with E-state index in [1.165, 1.54) is 18.2 Å². The third-order valence-electron chi connectivity index (χ3n) is 16.5. The van der Waals surface area contributed by atoms with Gasteiger partial charge in [-0.25, -0.2) is 9.59 Å². The summed E-state index contributed by atoms with van der Waals surface area (Å²) in [6.07, 6.45) is 4.19. The Hall–Kier alpha value is -3.47. The average Bonchev–Trinajstić information content (AvgIpc) is 3.37. The van der Waals surface area contributed by atoms with E-state index < -0.39 is 91.2 Å². The first-order chi connectivity index (χ1) is 30.0. The van der Waals surface area contributed by atoms with Gasteiger partial charge in [-0.3, -0.25) is 14.0 Å². The molecule has 1 aromatic heterocycles. The molecule has 0 amide bonds. The second kappa shape index (κ2) is 16.6. The van der Waals surface area contributed by atoms with Crippen LogP contribution in [0.1, 0.15) is 99.8 Å². The zero-order chi connectivity index (χ0) is 48.1. The topological polar surface area (TPSA) is 294 Å². The van der Waals surface area contributed by atoms with Crippen molar-refractivity contribution in [2.45, 2.75) is 152 Å². The van der Waals surface area contributed by atoms with E-state index in [-0.39, 0.29) is 31.2 Å². The number of aliphatic hydroxyl groups is 6. The predicted octanol–water partition coefficient (Wildman–Crippen LogP) is 3.18. The third-order valence-corrected chi connectivity index (χ3v) is 16.5. The molecule has 4 aliphatic carbocycles. The number of carbonyl (C=O) groups is 1. The summed E-state index contributed by atoms with van der Waals surface area (Å²) >= 11 is 0. The number of piperidine rings is 2. The highest BCUT2D eigenvalue weighted by atomic mass is 32.3. The van der Waals surface area contributed by atoms with E-state index >= 15 is 0 Å². The van der Waals surface area contributed by atoms with Crippen LogP contribution in [0.4, 0.5) is 0 Å². The molecule has 19 heteroatoms. The van der Waals surface area contributed by atoms with E-state index in [0.717, 1.165) is 12.0 Å². The van der Waals surface area contributed by atoms with Gasteiger partial charge in [0, 0.05) is 78.2 Å². The van der Waals surface area contributed by atoms with E-state index in [9.17, 15) is 45.3 Å². The van der Waals surface area contributed by atoms with Crippen LogP contribution in [0.25, 0.3) is 11.0 Å². The number of phenols is 1. The van der Waals surface area contributed by atoms with Crippen molar-refractivity contribution in [1.29, 1.82) is 0 Å². The molecular formula is C46H65NO17S. The Kier molecular flexibility index (Phi) is 12.7. The fourth-order valence-corrected chi connectivity index (χ4v) is 13.3. The Morgan fingerprint density at radius 2 is 1.60 bits per heavy atom. The van der Waals surface area contributed by atoms with Crippen molar-refractivity contribution in [3.63, 3.8) is 0 Å². The minimum Gasteiger partial charge on any atom is -0.504 e. The second-order valence-electron chi connectivity index (χ2n) is 20.3. The van der Waals surface area contributed by atoms with Gasteiger partial charge in [-0.05, 0) is 97.3 Å². The zero-order valence-corrected chi connectivity index (χ0v) is 38.7. The molecule has 4 heterocycles. The molecule has 9 rings (SSSR count). The molecule has 7 fully saturated rings. The molecule has 18 nitrogen and oxygen atoms in total. The van der Waals surface area contributed by atoms with Gasteiger partial charge < -0.3 is 54.4 Å². The molecule has 7 aliphatic rings. The number of hydrogen-bond donors (Lipinski definition) is 9. The molecule has 1 spiro atoms. The summed E-state index contributed by atoms with van der Waals surface area (Å²) in [4.78, 5) is 26.0. The number of carbonyl (C=O) groups excluding carboxylic acids is 1. The van der Waals surface area contributed by atoms with Crippen LogP contribution < -0.4 is 10.4 Å². The Balaban J connectivity index is 0.000000227.